The smallest absolute Gasteiger partial charge is 0.267 e. The maximum atomic E-state index is 13.3. The third-order valence-corrected chi connectivity index (χ3v) is 5.89. The van der Waals surface area contributed by atoms with Crippen LogP contribution in [-0.2, 0) is 4.79 Å². The molecule has 1 aliphatic rings. The van der Waals surface area contributed by atoms with Crippen LogP contribution in [0.1, 0.15) is 39.2 Å². The summed E-state index contributed by atoms with van der Waals surface area (Å²) in [5.74, 6) is 0.589. The summed E-state index contributed by atoms with van der Waals surface area (Å²) < 4.78 is 6.68. The molecule has 0 bridgehead atoms. The van der Waals surface area contributed by atoms with E-state index in [1.165, 1.54) is 10.9 Å². The zero-order valence-electron chi connectivity index (χ0n) is 16.5. The van der Waals surface area contributed by atoms with E-state index >= 15 is 0 Å². The first kappa shape index (κ1) is 19.6. The molecule has 0 saturated carbocycles. The minimum absolute atomic E-state index is 0.0350. The summed E-state index contributed by atoms with van der Waals surface area (Å²) in [5.41, 5.74) is 0.934. The van der Waals surface area contributed by atoms with Crippen molar-refractivity contribution in [2.24, 2.45) is 5.92 Å². The molecule has 3 aromatic rings. The van der Waals surface area contributed by atoms with Crippen LogP contribution in [0.2, 0.25) is 5.02 Å². The maximum absolute atomic E-state index is 13.3. The Hall–Kier alpha value is -2.67. The van der Waals surface area contributed by atoms with E-state index in [0.29, 0.717) is 28.6 Å². The molecule has 0 unspecified atom stereocenters. The van der Waals surface area contributed by atoms with Crippen LogP contribution in [0.15, 0.2) is 39.9 Å². The monoisotopic (exact) mass is 414 g/mol. The van der Waals surface area contributed by atoms with E-state index in [2.05, 4.69) is 17.1 Å². The largest absolute Gasteiger partial charge is 0.341 e. The number of rotatable bonds is 4. The molecule has 0 N–H and O–H groups in total. The number of fused-ring (bicyclic) bond motifs is 1. The topological polar surface area (TPSA) is 81.2 Å². The molecule has 2 aromatic heterocycles. The van der Waals surface area contributed by atoms with Crippen molar-refractivity contribution in [2.75, 3.05) is 13.1 Å². The highest BCUT2D eigenvalue weighted by atomic mass is 35.5. The minimum atomic E-state index is -0.597. The zero-order chi connectivity index (χ0) is 20.5. The molecular weight excluding hydrogens is 392 g/mol. The van der Waals surface area contributed by atoms with E-state index in [1.807, 2.05) is 11.8 Å². The van der Waals surface area contributed by atoms with Crippen molar-refractivity contribution in [3.05, 3.63) is 46.0 Å². The Morgan fingerprint density at radius 3 is 2.62 bits per heavy atom. The number of carbonyl (C=O) groups is 1. The average Bonchev–Trinajstić information content (AvgIpc) is 3.16. The second kappa shape index (κ2) is 7.99. The Labute approximate surface area is 173 Å². The summed E-state index contributed by atoms with van der Waals surface area (Å²) in [6.45, 7) is 5.56. The fraction of sp³-hybridized carbons (Fsp3) is 0.429. The highest BCUT2D eigenvalue weighted by Crippen LogP contribution is 2.27. The second-order valence-corrected chi connectivity index (χ2v) is 8.04. The van der Waals surface area contributed by atoms with Gasteiger partial charge < -0.3 is 9.42 Å². The van der Waals surface area contributed by atoms with Gasteiger partial charge in [-0.15, -0.1) is 0 Å². The molecule has 0 spiro atoms. The number of carbonyl (C=O) groups excluding carboxylic acids is 1. The van der Waals surface area contributed by atoms with Gasteiger partial charge in [0.15, 0.2) is 0 Å². The molecule has 1 aromatic carbocycles. The number of hydrogen-bond acceptors (Lipinski definition) is 5. The van der Waals surface area contributed by atoms with E-state index in [0.717, 1.165) is 25.9 Å². The quantitative estimate of drug-likeness (QED) is 0.646. The number of amides is 1. The lowest BCUT2D eigenvalue weighted by Crippen LogP contribution is -2.43. The van der Waals surface area contributed by atoms with Gasteiger partial charge in [0, 0.05) is 23.7 Å². The van der Waals surface area contributed by atoms with E-state index < -0.39 is 6.04 Å². The molecule has 1 aliphatic heterocycles. The van der Waals surface area contributed by atoms with Gasteiger partial charge in [0.1, 0.15) is 23.4 Å². The van der Waals surface area contributed by atoms with Gasteiger partial charge >= 0.3 is 0 Å². The van der Waals surface area contributed by atoms with Gasteiger partial charge in [-0.1, -0.05) is 42.7 Å². The van der Waals surface area contributed by atoms with Gasteiger partial charge in [-0.05, 0) is 37.3 Å². The van der Waals surface area contributed by atoms with Gasteiger partial charge in [0.2, 0.25) is 5.91 Å². The third-order valence-electron chi connectivity index (χ3n) is 5.64. The van der Waals surface area contributed by atoms with Gasteiger partial charge in [0.25, 0.3) is 11.3 Å². The van der Waals surface area contributed by atoms with Crippen molar-refractivity contribution in [3.8, 4) is 11.3 Å². The Balaban J connectivity index is 1.74. The first-order chi connectivity index (χ1) is 14.0. The van der Waals surface area contributed by atoms with Crippen LogP contribution in [-0.4, -0.2) is 38.6 Å². The standard InChI is InChI=1S/C21H23ClN4O3/c1-3-16(20(27)25-10-8-13(2)9-11-25)26-12-23-19-17(21(26)28)18(24-29-19)14-4-6-15(22)7-5-14/h4-7,12-13,16H,3,8-11H2,1-2H3/t16-/m1/s1. The van der Waals surface area contributed by atoms with Crippen molar-refractivity contribution < 1.29 is 9.32 Å². The predicted octanol–water partition coefficient (Wildman–Crippen LogP) is 3.91. The summed E-state index contributed by atoms with van der Waals surface area (Å²) in [6.07, 6.45) is 3.86. The van der Waals surface area contributed by atoms with Gasteiger partial charge in [-0.25, -0.2) is 4.98 Å². The molecule has 1 saturated heterocycles. The summed E-state index contributed by atoms with van der Waals surface area (Å²) in [6, 6.07) is 6.40. The van der Waals surface area contributed by atoms with Crippen LogP contribution >= 0.6 is 11.6 Å². The van der Waals surface area contributed by atoms with Crippen molar-refractivity contribution in [3.63, 3.8) is 0 Å². The minimum Gasteiger partial charge on any atom is -0.341 e. The molecule has 7 nitrogen and oxygen atoms in total. The Bertz CT molecular complexity index is 1080. The van der Waals surface area contributed by atoms with E-state index in [9.17, 15) is 9.59 Å². The van der Waals surface area contributed by atoms with Crippen LogP contribution in [0.3, 0.4) is 0 Å². The number of nitrogens with zero attached hydrogens (tertiary/aromatic N) is 4. The molecule has 0 radical (unpaired) electrons. The van der Waals surface area contributed by atoms with E-state index in [-0.39, 0.29) is 22.6 Å². The molecule has 29 heavy (non-hydrogen) atoms. The number of likely N-dealkylation sites (tertiary alicyclic amines) is 1. The highest BCUT2D eigenvalue weighted by molar-refractivity contribution is 6.30. The molecule has 8 heteroatoms. The molecule has 3 heterocycles. The first-order valence-electron chi connectivity index (χ1n) is 9.90. The molecule has 0 aliphatic carbocycles. The summed E-state index contributed by atoms with van der Waals surface area (Å²) in [4.78, 5) is 32.6. The number of piperidine rings is 1. The van der Waals surface area contributed by atoms with Gasteiger partial charge in [0.05, 0.1) is 0 Å². The molecule has 1 amide bonds. The SMILES string of the molecule is CC[C@H](C(=O)N1CCC(C)CC1)n1cnc2onc(-c3ccc(Cl)cc3)c2c1=O. The second-order valence-electron chi connectivity index (χ2n) is 7.61. The predicted molar refractivity (Wildman–Crippen MR) is 111 cm³/mol. The van der Waals surface area contributed by atoms with Crippen LogP contribution in [0.5, 0.6) is 0 Å². The molecule has 4 rings (SSSR count). The number of halogens is 1. The normalized spacial score (nSPS) is 16.3. The Morgan fingerprint density at radius 2 is 1.97 bits per heavy atom. The van der Waals surface area contributed by atoms with E-state index in [4.69, 9.17) is 16.1 Å². The first-order valence-corrected chi connectivity index (χ1v) is 10.3. The lowest BCUT2D eigenvalue weighted by Gasteiger charge is -2.33. The van der Waals surface area contributed by atoms with Crippen molar-refractivity contribution >= 4 is 28.6 Å². The Kier molecular flexibility index (Phi) is 5.41. The zero-order valence-corrected chi connectivity index (χ0v) is 17.2. The van der Waals surface area contributed by atoms with Crippen LogP contribution in [0.4, 0.5) is 0 Å². The van der Waals surface area contributed by atoms with Crippen LogP contribution in [0.25, 0.3) is 22.4 Å². The number of hydrogen-bond donors (Lipinski definition) is 0. The molecular formula is C21H23ClN4O3. The average molecular weight is 415 g/mol. The summed E-state index contributed by atoms with van der Waals surface area (Å²) in [7, 11) is 0. The fourth-order valence-electron chi connectivity index (χ4n) is 3.82. The molecule has 152 valence electrons. The number of aromatic nitrogens is 3. The fourth-order valence-corrected chi connectivity index (χ4v) is 3.94. The maximum Gasteiger partial charge on any atom is 0.267 e. The van der Waals surface area contributed by atoms with Gasteiger partial charge in [-0.3, -0.25) is 14.2 Å². The summed E-state index contributed by atoms with van der Waals surface area (Å²) >= 11 is 5.96. The third kappa shape index (κ3) is 3.67. The van der Waals surface area contributed by atoms with Crippen molar-refractivity contribution in [2.45, 2.75) is 39.2 Å². The lowest BCUT2D eigenvalue weighted by atomic mass is 9.98. The summed E-state index contributed by atoms with van der Waals surface area (Å²) in [5, 5.41) is 4.90. The lowest BCUT2D eigenvalue weighted by molar-refractivity contribution is -0.136. The van der Waals surface area contributed by atoms with Crippen LogP contribution < -0.4 is 5.56 Å². The van der Waals surface area contributed by atoms with Crippen molar-refractivity contribution in [1.29, 1.82) is 0 Å². The number of benzene rings is 1. The van der Waals surface area contributed by atoms with Gasteiger partial charge in [-0.2, -0.15) is 0 Å². The Morgan fingerprint density at radius 1 is 1.28 bits per heavy atom. The molecule has 1 fully saturated rings. The molecule has 1 atom stereocenters. The van der Waals surface area contributed by atoms with E-state index in [1.54, 1.807) is 24.3 Å². The van der Waals surface area contributed by atoms with Crippen LogP contribution in [0, 0.1) is 5.92 Å². The van der Waals surface area contributed by atoms with Crippen molar-refractivity contribution in [1.82, 2.24) is 19.6 Å². The highest BCUT2D eigenvalue weighted by Gasteiger charge is 2.29.